The average molecular weight is 328 g/mol. The van der Waals surface area contributed by atoms with Gasteiger partial charge in [0.2, 0.25) is 5.91 Å². The van der Waals surface area contributed by atoms with Crippen molar-refractivity contribution in [3.8, 4) is 11.3 Å². The van der Waals surface area contributed by atoms with Crippen LogP contribution in [0, 0.1) is 13.8 Å². The first kappa shape index (κ1) is 14.9. The Morgan fingerprint density at radius 1 is 1.23 bits per heavy atom. The van der Waals surface area contributed by atoms with Crippen molar-refractivity contribution in [3.63, 3.8) is 0 Å². The normalized spacial score (nSPS) is 10.6. The van der Waals surface area contributed by atoms with Crippen molar-refractivity contribution in [1.82, 2.24) is 4.98 Å². The van der Waals surface area contributed by atoms with E-state index in [4.69, 9.17) is 0 Å². The number of amides is 1. The number of anilines is 1. The van der Waals surface area contributed by atoms with Crippen LogP contribution in [0.3, 0.4) is 0 Å². The topological polar surface area (TPSA) is 42.0 Å². The third kappa shape index (κ3) is 3.43. The van der Waals surface area contributed by atoms with E-state index in [1.54, 1.807) is 11.3 Å². The molecule has 0 aliphatic rings. The molecule has 2 aromatic heterocycles. The Morgan fingerprint density at radius 2 is 2.09 bits per heavy atom. The second-order valence-corrected chi connectivity index (χ2v) is 6.85. The van der Waals surface area contributed by atoms with Crippen LogP contribution in [0.25, 0.3) is 11.3 Å². The van der Waals surface area contributed by atoms with Crippen LogP contribution < -0.4 is 5.32 Å². The summed E-state index contributed by atoms with van der Waals surface area (Å²) in [7, 11) is 0. The summed E-state index contributed by atoms with van der Waals surface area (Å²) in [5.74, 6) is -0.0275. The van der Waals surface area contributed by atoms with Crippen molar-refractivity contribution < 1.29 is 4.79 Å². The molecule has 22 heavy (non-hydrogen) atoms. The van der Waals surface area contributed by atoms with Crippen LogP contribution in [0.4, 0.5) is 5.13 Å². The summed E-state index contributed by atoms with van der Waals surface area (Å²) in [4.78, 5) is 16.5. The molecule has 2 heterocycles. The maximum atomic E-state index is 12.0. The van der Waals surface area contributed by atoms with E-state index in [9.17, 15) is 4.79 Å². The van der Waals surface area contributed by atoms with Crippen molar-refractivity contribution in [3.05, 3.63) is 57.1 Å². The summed E-state index contributed by atoms with van der Waals surface area (Å²) >= 11 is 3.06. The van der Waals surface area contributed by atoms with Crippen LogP contribution in [0.1, 0.15) is 16.7 Å². The molecule has 0 spiro atoms. The molecule has 5 heteroatoms. The zero-order valence-corrected chi connectivity index (χ0v) is 14.1. The number of benzene rings is 1. The SMILES string of the molecule is Cc1ccc(C)c(-c2csc(NC(=O)Cc3ccsc3)n2)c1. The van der Waals surface area contributed by atoms with Gasteiger partial charge in [0.05, 0.1) is 12.1 Å². The minimum absolute atomic E-state index is 0.0275. The van der Waals surface area contributed by atoms with Crippen LogP contribution >= 0.6 is 22.7 Å². The van der Waals surface area contributed by atoms with Crippen LogP contribution in [-0.2, 0) is 11.2 Å². The molecule has 0 aliphatic heterocycles. The van der Waals surface area contributed by atoms with Gasteiger partial charge >= 0.3 is 0 Å². The highest BCUT2D eigenvalue weighted by Crippen LogP contribution is 2.28. The molecule has 0 unspecified atom stereocenters. The molecule has 1 N–H and O–H groups in total. The molecule has 1 aromatic carbocycles. The molecule has 112 valence electrons. The van der Waals surface area contributed by atoms with Crippen molar-refractivity contribution in [2.24, 2.45) is 0 Å². The number of thiophene rings is 1. The third-order valence-corrected chi connectivity index (χ3v) is 4.85. The Morgan fingerprint density at radius 3 is 2.86 bits per heavy atom. The molecule has 3 aromatic rings. The lowest BCUT2D eigenvalue weighted by atomic mass is 10.0. The van der Waals surface area contributed by atoms with Gasteiger partial charge < -0.3 is 5.32 Å². The summed E-state index contributed by atoms with van der Waals surface area (Å²) in [6, 6.07) is 8.28. The van der Waals surface area contributed by atoms with Gasteiger partial charge in [-0.05, 0) is 47.9 Å². The maximum Gasteiger partial charge on any atom is 0.230 e. The van der Waals surface area contributed by atoms with Crippen LogP contribution in [0.15, 0.2) is 40.4 Å². The molecule has 1 amide bonds. The highest BCUT2D eigenvalue weighted by molar-refractivity contribution is 7.14. The number of hydrogen-bond donors (Lipinski definition) is 1. The fourth-order valence-corrected chi connectivity index (χ4v) is 3.60. The number of thiazole rings is 1. The highest BCUT2D eigenvalue weighted by atomic mass is 32.1. The number of rotatable bonds is 4. The first-order valence-electron chi connectivity index (χ1n) is 6.96. The smallest absolute Gasteiger partial charge is 0.230 e. The van der Waals surface area contributed by atoms with E-state index in [-0.39, 0.29) is 5.91 Å². The predicted octanol–water partition coefficient (Wildman–Crippen LogP) is 4.67. The fraction of sp³-hybridized carbons (Fsp3) is 0.176. The number of aromatic nitrogens is 1. The Bertz CT molecular complexity index is 791. The van der Waals surface area contributed by atoms with Crippen LogP contribution in [-0.4, -0.2) is 10.9 Å². The van der Waals surface area contributed by atoms with Crippen molar-refractivity contribution in [2.75, 3.05) is 5.32 Å². The molecular weight excluding hydrogens is 312 g/mol. The van der Waals surface area contributed by atoms with Gasteiger partial charge in [-0.3, -0.25) is 4.79 Å². The standard InChI is InChI=1S/C17H16N2OS2/c1-11-3-4-12(2)14(7-11)15-10-22-17(18-15)19-16(20)8-13-5-6-21-9-13/h3-7,9-10H,8H2,1-2H3,(H,18,19,20). The summed E-state index contributed by atoms with van der Waals surface area (Å²) in [6.07, 6.45) is 0.391. The van der Waals surface area contributed by atoms with E-state index in [1.165, 1.54) is 22.5 Å². The number of hydrogen-bond acceptors (Lipinski definition) is 4. The predicted molar refractivity (Wildman–Crippen MR) is 93.7 cm³/mol. The number of nitrogens with zero attached hydrogens (tertiary/aromatic N) is 1. The minimum Gasteiger partial charge on any atom is -0.302 e. The molecule has 0 bridgehead atoms. The summed E-state index contributed by atoms with van der Waals surface area (Å²) in [5, 5.41) is 9.48. The van der Waals surface area contributed by atoms with Gasteiger partial charge in [0, 0.05) is 10.9 Å². The van der Waals surface area contributed by atoms with E-state index < -0.39 is 0 Å². The lowest BCUT2D eigenvalue weighted by Gasteiger charge is -2.04. The molecule has 0 saturated carbocycles. The summed E-state index contributed by atoms with van der Waals surface area (Å²) < 4.78 is 0. The van der Waals surface area contributed by atoms with Crippen molar-refractivity contribution >= 4 is 33.7 Å². The third-order valence-electron chi connectivity index (χ3n) is 3.36. The maximum absolute atomic E-state index is 12.0. The van der Waals surface area contributed by atoms with Gasteiger partial charge in [-0.2, -0.15) is 11.3 Å². The number of carbonyl (C=O) groups is 1. The van der Waals surface area contributed by atoms with Crippen molar-refractivity contribution in [1.29, 1.82) is 0 Å². The van der Waals surface area contributed by atoms with Gasteiger partial charge in [0.15, 0.2) is 5.13 Å². The average Bonchev–Trinajstić information content (AvgIpc) is 3.13. The molecule has 0 radical (unpaired) electrons. The number of aryl methyl sites for hydroxylation is 2. The van der Waals surface area contributed by atoms with E-state index in [2.05, 4.69) is 42.3 Å². The zero-order valence-electron chi connectivity index (χ0n) is 12.4. The number of nitrogens with one attached hydrogen (secondary N) is 1. The van der Waals surface area contributed by atoms with E-state index in [0.717, 1.165) is 16.8 Å². The Hall–Kier alpha value is -1.98. The fourth-order valence-electron chi connectivity index (χ4n) is 2.21. The highest BCUT2D eigenvalue weighted by Gasteiger charge is 2.10. The van der Waals surface area contributed by atoms with E-state index >= 15 is 0 Å². The lowest BCUT2D eigenvalue weighted by molar-refractivity contribution is -0.115. The molecule has 0 saturated heterocycles. The van der Waals surface area contributed by atoms with Crippen molar-refractivity contribution in [2.45, 2.75) is 20.3 Å². The second kappa shape index (κ2) is 6.42. The van der Waals surface area contributed by atoms with Gasteiger partial charge in [-0.25, -0.2) is 4.98 Å². The molecule has 0 atom stereocenters. The minimum atomic E-state index is -0.0275. The number of carbonyl (C=O) groups excluding carboxylic acids is 1. The molecule has 0 fully saturated rings. The van der Waals surface area contributed by atoms with Gasteiger partial charge in [0.1, 0.15) is 0 Å². The monoisotopic (exact) mass is 328 g/mol. The molecule has 3 nitrogen and oxygen atoms in total. The summed E-state index contributed by atoms with van der Waals surface area (Å²) in [6.45, 7) is 4.14. The summed E-state index contributed by atoms with van der Waals surface area (Å²) in [5.41, 5.74) is 5.46. The van der Waals surface area contributed by atoms with E-state index in [1.807, 2.05) is 22.2 Å². The molecule has 0 aliphatic carbocycles. The van der Waals surface area contributed by atoms with Gasteiger partial charge in [-0.1, -0.05) is 17.7 Å². The first-order chi connectivity index (χ1) is 10.6. The van der Waals surface area contributed by atoms with Gasteiger partial charge in [-0.15, -0.1) is 11.3 Å². The quantitative estimate of drug-likeness (QED) is 0.756. The van der Waals surface area contributed by atoms with Gasteiger partial charge in [0.25, 0.3) is 0 Å². The van der Waals surface area contributed by atoms with Crippen LogP contribution in [0.5, 0.6) is 0 Å². The largest absolute Gasteiger partial charge is 0.302 e. The van der Waals surface area contributed by atoms with E-state index in [0.29, 0.717) is 11.6 Å². The van der Waals surface area contributed by atoms with Crippen LogP contribution in [0.2, 0.25) is 0 Å². The molecular formula is C17H16N2OS2. The zero-order chi connectivity index (χ0) is 15.5. The molecule has 3 rings (SSSR count). The Kier molecular flexibility index (Phi) is 4.36. The lowest BCUT2D eigenvalue weighted by Crippen LogP contribution is -2.13. The first-order valence-corrected chi connectivity index (χ1v) is 8.78. The second-order valence-electron chi connectivity index (χ2n) is 5.21. The Labute approximate surface area is 137 Å². The Balaban J connectivity index is 1.73.